The molecule has 27 heavy (non-hydrogen) atoms. The lowest BCUT2D eigenvalue weighted by molar-refractivity contribution is -0.118. The van der Waals surface area contributed by atoms with Crippen molar-refractivity contribution in [3.05, 3.63) is 53.3 Å². The molecule has 138 valence electrons. The van der Waals surface area contributed by atoms with Gasteiger partial charge in [0.05, 0.1) is 5.25 Å². The van der Waals surface area contributed by atoms with E-state index in [1.807, 2.05) is 41.0 Å². The van der Waals surface area contributed by atoms with E-state index in [4.69, 9.17) is 0 Å². The summed E-state index contributed by atoms with van der Waals surface area (Å²) in [4.78, 5) is 16.7. The van der Waals surface area contributed by atoms with Crippen LogP contribution in [0.3, 0.4) is 0 Å². The van der Waals surface area contributed by atoms with Crippen molar-refractivity contribution in [2.24, 2.45) is 0 Å². The smallest absolute Gasteiger partial charge is 0.196 e. The first-order valence-electron chi connectivity index (χ1n) is 9.03. The molecule has 0 amide bonds. The zero-order chi connectivity index (χ0) is 18.6. The van der Waals surface area contributed by atoms with Gasteiger partial charge in [0.2, 0.25) is 0 Å². The summed E-state index contributed by atoms with van der Waals surface area (Å²) in [6, 6.07) is 11.9. The number of carbonyl (C=O) groups excluding carboxylic acids is 1. The van der Waals surface area contributed by atoms with Crippen molar-refractivity contribution in [3.8, 4) is 17.1 Å². The highest BCUT2D eigenvalue weighted by atomic mass is 79.9. The van der Waals surface area contributed by atoms with Gasteiger partial charge in [0.1, 0.15) is 5.78 Å². The molecule has 0 aliphatic heterocycles. The number of hydrogen-bond acceptors (Lipinski definition) is 5. The van der Waals surface area contributed by atoms with Crippen molar-refractivity contribution in [3.63, 3.8) is 0 Å². The van der Waals surface area contributed by atoms with E-state index < -0.39 is 0 Å². The van der Waals surface area contributed by atoms with Crippen LogP contribution in [0.2, 0.25) is 0 Å². The number of aromatic nitrogens is 4. The Morgan fingerprint density at radius 1 is 1.07 bits per heavy atom. The molecule has 2 heterocycles. The second kappa shape index (κ2) is 8.35. The molecule has 1 fully saturated rings. The average Bonchev–Trinajstić information content (AvgIpc) is 3.00. The van der Waals surface area contributed by atoms with Gasteiger partial charge in [0.15, 0.2) is 11.0 Å². The van der Waals surface area contributed by atoms with Crippen molar-refractivity contribution in [1.29, 1.82) is 0 Å². The number of hydrogen-bond donors (Lipinski definition) is 0. The van der Waals surface area contributed by atoms with E-state index in [-0.39, 0.29) is 5.25 Å². The summed E-state index contributed by atoms with van der Waals surface area (Å²) in [5.41, 5.74) is 1.86. The van der Waals surface area contributed by atoms with Crippen molar-refractivity contribution in [1.82, 2.24) is 19.7 Å². The zero-order valence-electron chi connectivity index (χ0n) is 14.7. The Bertz CT molecular complexity index is 927. The summed E-state index contributed by atoms with van der Waals surface area (Å²) in [6.07, 6.45) is 8.30. The second-order valence-corrected chi connectivity index (χ2v) is 8.62. The minimum absolute atomic E-state index is 0.0485. The van der Waals surface area contributed by atoms with Crippen LogP contribution >= 0.6 is 27.7 Å². The SMILES string of the molecule is O=C1CCCCCC1Sc1nnc(-c2cccnc2)n1-c1ccc(Br)cc1. The molecule has 5 nitrogen and oxygen atoms in total. The van der Waals surface area contributed by atoms with Gasteiger partial charge in [-0.3, -0.25) is 14.3 Å². The molecule has 1 atom stereocenters. The second-order valence-electron chi connectivity index (χ2n) is 6.53. The first-order valence-corrected chi connectivity index (χ1v) is 10.7. The molecule has 1 unspecified atom stereocenters. The predicted molar refractivity (Wildman–Crippen MR) is 110 cm³/mol. The van der Waals surface area contributed by atoms with E-state index in [0.29, 0.717) is 12.2 Å². The van der Waals surface area contributed by atoms with Gasteiger partial charge in [0.25, 0.3) is 0 Å². The third-order valence-corrected chi connectivity index (χ3v) is 6.42. The quantitative estimate of drug-likeness (QED) is 0.526. The van der Waals surface area contributed by atoms with Crippen molar-refractivity contribution >= 4 is 33.5 Å². The van der Waals surface area contributed by atoms with Crippen LogP contribution in [0.25, 0.3) is 17.1 Å². The van der Waals surface area contributed by atoms with Gasteiger partial charge in [-0.1, -0.05) is 40.5 Å². The topological polar surface area (TPSA) is 60.7 Å². The van der Waals surface area contributed by atoms with Crippen LogP contribution in [-0.2, 0) is 4.79 Å². The molecule has 3 aromatic rings. The van der Waals surface area contributed by atoms with Gasteiger partial charge in [-0.15, -0.1) is 10.2 Å². The lowest BCUT2D eigenvalue weighted by Crippen LogP contribution is -2.16. The van der Waals surface area contributed by atoms with Crippen LogP contribution in [0.5, 0.6) is 0 Å². The highest BCUT2D eigenvalue weighted by Crippen LogP contribution is 2.34. The van der Waals surface area contributed by atoms with Gasteiger partial charge < -0.3 is 0 Å². The lowest BCUT2D eigenvalue weighted by Gasteiger charge is -2.14. The third-order valence-electron chi connectivity index (χ3n) is 4.63. The first-order chi connectivity index (χ1) is 13.2. The molecule has 0 saturated heterocycles. The number of carbonyl (C=O) groups is 1. The lowest BCUT2D eigenvalue weighted by atomic mass is 10.2. The first kappa shape index (κ1) is 18.4. The predicted octanol–water partition coefficient (Wildman–Crippen LogP) is 5.09. The largest absolute Gasteiger partial charge is 0.298 e. The zero-order valence-corrected chi connectivity index (χ0v) is 17.1. The van der Waals surface area contributed by atoms with Crippen LogP contribution in [0, 0.1) is 0 Å². The standard InChI is InChI=1S/C20H19BrN4OS/c21-15-8-10-16(11-9-15)25-19(14-5-4-12-22-13-14)23-24-20(25)27-18-7-3-1-2-6-17(18)26/h4-5,8-13,18H,1-3,6-7H2. The molecule has 0 bridgehead atoms. The highest BCUT2D eigenvalue weighted by molar-refractivity contribution is 9.10. The molecule has 0 radical (unpaired) electrons. The third kappa shape index (κ3) is 4.14. The molecule has 1 aliphatic carbocycles. The van der Waals surface area contributed by atoms with E-state index in [9.17, 15) is 4.79 Å². The van der Waals surface area contributed by atoms with Crippen LogP contribution in [0.1, 0.15) is 32.1 Å². The summed E-state index contributed by atoms with van der Waals surface area (Å²) in [7, 11) is 0. The Hall–Kier alpha value is -1.99. The maximum atomic E-state index is 12.5. The molecule has 0 N–H and O–H groups in total. The molecule has 4 rings (SSSR count). The molecule has 7 heteroatoms. The van der Waals surface area contributed by atoms with Gasteiger partial charge >= 0.3 is 0 Å². The van der Waals surface area contributed by atoms with Crippen molar-refractivity contribution in [2.75, 3.05) is 0 Å². The number of halogens is 1. The molecule has 1 aromatic carbocycles. The van der Waals surface area contributed by atoms with Gasteiger partial charge in [0, 0.05) is 34.5 Å². The van der Waals surface area contributed by atoms with Crippen molar-refractivity contribution < 1.29 is 4.79 Å². The highest BCUT2D eigenvalue weighted by Gasteiger charge is 2.26. The van der Waals surface area contributed by atoms with Gasteiger partial charge in [-0.25, -0.2) is 0 Å². The summed E-state index contributed by atoms with van der Waals surface area (Å²) in [5, 5.41) is 9.56. The molecule has 2 aromatic heterocycles. The molecule has 1 saturated carbocycles. The van der Waals surface area contributed by atoms with E-state index >= 15 is 0 Å². The summed E-state index contributed by atoms with van der Waals surface area (Å²) >= 11 is 5.02. The van der Waals surface area contributed by atoms with E-state index in [0.717, 1.165) is 52.4 Å². The molecule has 0 spiro atoms. The Balaban J connectivity index is 1.76. The molecular formula is C20H19BrN4OS. The fourth-order valence-electron chi connectivity index (χ4n) is 3.23. The number of rotatable bonds is 4. The fraction of sp³-hybridized carbons (Fsp3) is 0.300. The number of benzene rings is 1. The monoisotopic (exact) mass is 442 g/mol. The number of ketones is 1. The van der Waals surface area contributed by atoms with Crippen LogP contribution in [-0.4, -0.2) is 30.8 Å². The molecular weight excluding hydrogens is 424 g/mol. The van der Waals surface area contributed by atoms with Gasteiger partial charge in [-0.2, -0.15) is 0 Å². The number of thioether (sulfide) groups is 1. The molecule has 1 aliphatic rings. The fourth-order valence-corrected chi connectivity index (χ4v) is 4.67. The number of pyridine rings is 1. The number of Topliss-reactive ketones (excluding diaryl/α,β-unsaturated/α-hetero) is 1. The van der Waals surface area contributed by atoms with Crippen LogP contribution in [0.4, 0.5) is 0 Å². The average molecular weight is 443 g/mol. The van der Waals surface area contributed by atoms with E-state index in [2.05, 4.69) is 31.1 Å². The Morgan fingerprint density at radius 3 is 2.70 bits per heavy atom. The van der Waals surface area contributed by atoms with Crippen molar-refractivity contribution in [2.45, 2.75) is 42.5 Å². The normalized spacial score (nSPS) is 17.7. The van der Waals surface area contributed by atoms with E-state index in [1.54, 1.807) is 12.4 Å². The number of nitrogens with zero attached hydrogens (tertiary/aromatic N) is 4. The maximum absolute atomic E-state index is 12.5. The van der Waals surface area contributed by atoms with Gasteiger partial charge in [-0.05, 0) is 49.2 Å². The van der Waals surface area contributed by atoms with Crippen LogP contribution in [0.15, 0.2) is 58.4 Å². The maximum Gasteiger partial charge on any atom is 0.196 e. The summed E-state index contributed by atoms with van der Waals surface area (Å²) in [6.45, 7) is 0. The minimum atomic E-state index is -0.0485. The van der Waals surface area contributed by atoms with E-state index in [1.165, 1.54) is 11.8 Å². The summed E-state index contributed by atoms with van der Waals surface area (Å²) in [5.74, 6) is 1.06. The Labute approximate surface area is 170 Å². The Kier molecular flexibility index (Phi) is 5.69. The Morgan fingerprint density at radius 2 is 1.93 bits per heavy atom. The minimum Gasteiger partial charge on any atom is -0.298 e. The van der Waals surface area contributed by atoms with Crippen LogP contribution < -0.4 is 0 Å². The summed E-state index contributed by atoms with van der Waals surface area (Å²) < 4.78 is 3.03.